The van der Waals surface area contributed by atoms with Crippen LogP contribution in [0.15, 0.2) is 29.2 Å². The average molecular weight is 265 g/mol. The Morgan fingerprint density at radius 3 is 2.78 bits per heavy atom. The quantitative estimate of drug-likeness (QED) is 0.828. The summed E-state index contributed by atoms with van der Waals surface area (Å²) < 4.78 is 0. The number of hydrogen-bond donors (Lipinski definition) is 1. The van der Waals surface area contributed by atoms with Crippen LogP contribution in [0.25, 0.3) is 0 Å². The van der Waals surface area contributed by atoms with Gasteiger partial charge in [-0.1, -0.05) is 12.1 Å². The first-order valence-corrected chi connectivity index (χ1v) is 8.00. The zero-order valence-electron chi connectivity index (χ0n) is 11.1. The molecule has 1 aromatic rings. The number of benzene rings is 1. The molecule has 0 spiro atoms. The van der Waals surface area contributed by atoms with Crippen molar-refractivity contribution in [1.29, 1.82) is 0 Å². The van der Waals surface area contributed by atoms with E-state index in [0.717, 1.165) is 19.5 Å². The molecule has 18 heavy (non-hydrogen) atoms. The molecule has 0 bridgehead atoms. The minimum Gasteiger partial charge on any atom is -0.396 e. The van der Waals surface area contributed by atoms with Gasteiger partial charge in [-0.2, -0.15) is 0 Å². The lowest BCUT2D eigenvalue weighted by Gasteiger charge is -2.32. The molecule has 1 aliphatic rings. The molecule has 2 nitrogen and oxygen atoms in total. The van der Waals surface area contributed by atoms with Crippen molar-refractivity contribution < 1.29 is 5.11 Å². The summed E-state index contributed by atoms with van der Waals surface area (Å²) in [5.74, 6) is 0.689. The average Bonchev–Trinajstić information content (AvgIpc) is 2.40. The molecule has 2 rings (SSSR count). The number of aliphatic hydroxyl groups excluding tert-OH is 1. The van der Waals surface area contributed by atoms with Gasteiger partial charge in [-0.25, -0.2) is 0 Å². The molecule has 1 unspecified atom stereocenters. The standard InChI is InChI=1S/C15H23NOS/c1-18-15-6-4-14(5-7-15)12-16-9-2-3-13(11-16)8-10-17/h4-7,13,17H,2-3,8-12H2,1H3. The van der Waals surface area contributed by atoms with Gasteiger partial charge in [-0.15, -0.1) is 11.8 Å². The normalized spacial score (nSPS) is 21.1. The van der Waals surface area contributed by atoms with Crippen LogP contribution in [-0.4, -0.2) is 36.0 Å². The Morgan fingerprint density at radius 1 is 1.33 bits per heavy atom. The first-order chi connectivity index (χ1) is 8.81. The first kappa shape index (κ1) is 13.9. The molecule has 0 amide bonds. The fraction of sp³-hybridized carbons (Fsp3) is 0.600. The van der Waals surface area contributed by atoms with Crippen LogP contribution in [0.1, 0.15) is 24.8 Å². The Morgan fingerprint density at radius 2 is 2.11 bits per heavy atom. The second-order valence-corrected chi connectivity index (χ2v) is 5.98. The van der Waals surface area contributed by atoms with Gasteiger partial charge in [0, 0.05) is 24.6 Å². The molecule has 1 N–H and O–H groups in total. The molecule has 3 heteroatoms. The Kier molecular flexibility index (Phi) is 5.54. The molecule has 1 saturated heterocycles. The summed E-state index contributed by atoms with van der Waals surface area (Å²) in [7, 11) is 0. The monoisotopic (exact) mass is 265 g/mol. The van der Waals surface area contributed by atoms with Crippen molar-refractivity contribution in [3.05, 3.63) is 29.8 Å². The van der Waals surface area contributed by atoms with Crippen LogP contribution in [0.4, 0.5) is 0 Å². The van der Waals surface area contributed by atoms with Crippen LogP contribution < -0.4 is 0 Å². The molecule has 1 fully saturated rings. The highest BCUT2D eigenvalue weighted by molar-refractivity contribution is 7.98. The molecule has 0 aromatic heterocycles. The molecule has 100 valence electrons. The highest BCUT2D eigenvalue weighted by atomic mass is 32.2. The van der Waals surface area contributed by atoms with E-state index in [1.165, 1.54) is 29.8 Å². The molecule has 0 radical (unpaired) electrons. The van der Waals surface area contributed by atoms with Gasteiger partial charge >= 0.3 is 0 Å². The molecular formula is C15H23NOS. The van der Waals surface area contributed by atoms with Crippen molar-refractivity contribution in [1.82, 2.24) is 4.90 Å². The van der Waals surface area contributed by atoms with Crippen LogP contribution >= 0.6 is 11.8 Å². The Hall–Kier alpha value is -0.510. The first-order valence-electron chi connectivity index (χ1n) is 6.78. The molecule has 1 atom stereocenters. The Labute approximate surface area is 114 Å². The van der Waals surface area contributed by atoms with Crippen molar-refractivity contribution >= 4 is 11.8 Å². The molecular weight excluding hydrogens is 242 g/mol. The topological polar surface area (TPSA) is 23.5 Å². The van der Waals surface area contributed by atoms with Gasteiger partial charge in [-0.05, 0) is 55.7 Å². The minimum absolute atomic E-state index is 0.334. The fourth-order valence-electron chi connectivity index (χ4n) is 2.70. The highest BCUT2D eigenvalue weighted by Crippen LogP contribution is 2.22. The molecule has 0 aliphatic carbocycles. The van der Waals surface area contributed by atoms with Crippen LogP contribution in [-0.2, 0) is 6.54 Å². The summed E-state index contributed by atoms with van der Waals surface area (Å²) in [6.07, 6.45) is 5.62. The van der Waals surface area contributed by atoms with Crippen LogP contribution in [0, 0.1) is 5.92 Å². The maximum Gasteiger partial charge on any atom is 0.0434 e. The number of hydrogen-bond acceptors (Lipinski definition) is 3. The number of aliphatic hydroxyl groups is 1. The van der Waals surface area contributed by atoms with E-state index in [2.05, 4.69) is 35.4 Å². The van der Waals surface area contributed by atoms with Crippen molar-refractivity contribution in [3.8, 4) is 0 Å². The smallest absolute Gasteiger partial charge is 0.0434 e. The van der Waals surface area contributed by atoms with Crippen molar-refractivity contribution in [3.63, 3.8) is 0 Å². The number of piperidine rings is 1. The van der Waals surface area contributed by atoms with Gasteiger partial charge in [-0.3, -0.25) is 4.90 Å². The molecule has 0 saturated carbocycles. The molecule has 1 aliphatic heterocycles. The zero-order valence-corrected chi connectivity index (χ0v) is 12.0. The van der Waals surface area contributed by atoms with E-state index in [1.54, 1.807) is 11.8 Å². The Bertz CT molecular complexity index is 350. The van der Waals surface area contributed by atoms with E-state index in [1.807, 2.05) is 0 Å². The maximum absolute atomic E-state index is 9.03. The Balaban J connectivity index is 1.87. The van der Waals surface area contributed by atoms with Crippen LogP contribution in [0.3, 0.4) is 0 Å². The zero-order chi connectivity index (χ0) is 12.8. The minimum atomic E-state index is 0.334. The largest absolute Gasteiger partial charge is 0.396 e. The van der Waals surface area contributed by atoms with Gasteiger partial charge in [0.25, 0.3) is 0 Å². The van der Waals surface area contributed by atoms with E-state index < -0.39 is 0 Å². The number of likely N-dealkylation sites (tertiary alicyclic amines) is 1. The lowest BCUT2D eigenvalue weighted by Crippen LogP contribution is -2.35. The number of rotatable bonds is 5. The number of thioether (sulfide) groups is 1. The van der Waals surface area contributed by atoms with Crippen LogP contribution in [0.5, 0.6) is 0 Å². The van der Waals surface area contributed by atoms with Gasteiger partial charge in [0.05, 0.1) is 0 Å². The predicted octanol–water partition coefficient (Wildman–Crippen LogP) is 3.00. The van der Waals surface area contributed by atoms with E-state index in [-0.39, 0.29) is 0 Å². The summed E-state index contributed by atoms with van der Waals surface area (Å²) in [5, 5.41) is 9.03. The lowest BCUT2D eigenvalue weighted by atomic mass is 9.95. The second-order valence-electron chi connectivity index (χ2n) is 5.10. The van der Waals surface area contributed by atoms with E-state index >= 15 is 0 Å². The van der Waals surface area contributed by atoms with E-state index in [9.17, 15) is 0 Å². The third kappa shape index (κ3) is 4.01. The van der Waals surface area contributed by atoms with E-state index in [4.69, 9.17) is 5.11 Å². The summed E-state index contributed by atoms with van der Waals surface area (Å²) in [4.78, 5) is 3.85. The second kappa shape index (κ2) is 7.17. The summed E-state index contributed by atoms with van der Waals surface area (Å²) in [5.41, 5.74) is 1.40. The maximum atomic E-state index is 9.03. The highest BCUT2D eigenvalue weighted by Gasteiger charge is 2.19. The van der Waals surface area contributed by atoms with Crippen LogP contribution in [0.2, 0.25) is 0 Å². The summed E-state index contributed by atoms with van der Waals surface area (Å²) in [6.45, 7) is 3.73. The molecule has 1 aromatic carbocycles. The number of nitrogens with zero attached hydrogens (tertiary/aromatic N) is 1. The van der Waals surface area contributed by atoms with Gasteiger partial charge in [0.15, 0.2) is 0 Å². The third-order valence-corrected chi connectivity index (χ3v) is 4.45. The van der Waals surface area contributed by atoms with Gasteiger partial charge < -0.3 is 5.11 Å². The SMILES string of the molecule is CSc1ccc(CN2CCCC(CCO)C2)cc1. The van der Waals surface area contributed by atoms with Crippen molar-refractivity contribution in [2.45, 2.75) is 30.7 Å². The third-order valence-electron chi connectivity index (χ3n) is 3.71. The van der Waals surface area contributed by atoms with E-state index in [0.29, 0.717) is 12.5 Å². The fourth-order valence-corrected chi connectivity index (χ4v) is 3.11. The predicted molar refractivity (Wildman–Crippen MR) is 77.9 cm³/mol. The summed E-state index contributed by atoms with van der Waals surface area (Å²) in [6, 6.07) is 8.88. The lowest BCUT2D eigenvalue weighted by molar-refractivity contribution is 0.142. The van der Waals surface area contributed by atoms with Crippen molar-refractivity contribution in [2.24, 2.45) is 5.92 Å². The summed E-state index contributed by atoms with van der Waals surface area (Å²) >= 11 is 1.79. The molecule has 1 heterocycles. The van der Waals surface area contributed by atoms with Gasteiger partial charge in [0.1, 0.15) is 0 Å². The van der Waals surface area contributed by atoms with Gasteiger partial charge in [0.2, 0.25) is 0 Å². The van der Waals surface area contributed by atoms with Crippen molar-refractivity contribution in [2.75, 3.05) is 26.0 Å².